The SMILES string of the molecule is Cc1cccc(NC(=O)N(CCO)Cc2cccnc2)c1. The maximum atomic E-state index is 12.3. The summed E-state index contributed by atoms with van der Waals surface area (Å²) in [6.07, 6.45) is 3.40. The standard InChI is InChI=1S/C16H19N3O2/c1-13-4-2-6-15(10-13)18-16(21)19(8-9-20)12-14-5-3-7-17-11-14/h2-7,10-11,20H,8-9,12H2,1H3,(H,18,21). The minimum absolute atomic E-state index is 0.0818. The van der Waals surface area contributed by atoms with Crippen LogP contribution in [0.2, 0.25) is 0 Å². The highest BCUT2D eigenvalue weighted by atomic mass is 16.3. The van der Waals surface area contributed by atoms with Crippen molar-refractivity contribution in [2.75, 3.05) is 18.5 Å². The predicted molar refractivity (Wildman–Crippen MR) is 81.9 cm³/mol. The van der Waals surface area contributed by atoms with Gasteiger partial charge in [-0.1, -0.05) is 18.2 Å². The van der Waals surface area contributed by atoms with Gasteiger partial charge in [-0.15, -0.1) is 0 Å². The van der Waals surface area contributed by atoms with Gasteiger partial charge < -0.3 is 15.3 Å². The maximum Gasteiger partial charge on any atom is 0.322 e. The number of hydrogen-bond acceptors (Lipinski definition) is 3. The van der Waals surface area contributed by atoms with Gasteiger partial charge in [-0.2, -0.15) is 0 Å². The molecule has 0 unspecified atom stereocenters. The van der Waals surface area contributed by atoms with Crippen molar-refractivity contribution >= 4 is 11.7 Å². The molecule has 0 saturated carbocycles. The van der Waals surface area contributed by atoms with Crippen LogP contribution in [0.15, 0.2) is 48.8 Å². The summed E-state index contributed by atoms with van der Waals surface area (Å²) >= 11 is 0. The van der Waals surface area contributed by atoms with E-state index in [2.05, 4.69) is 10.3 Å². The monoisotopic (exact) mass is 285 g/mol. The molecule has 1 aromatic carbocycles. The lowest BCUT2D eigenvalue weighted by Gasteiger charge is -2.22. The first-order valence-corrected chi connectivity index (χ1v) is 6.81. The molecule has 21 heavy (non-hydrogen) atoms. The first kappa shape index (κ1) is 15.0. The molecule has 0 saturated heterocycles. The van der Waals surface area contributed by atoms with Crippen molar-refractivity contribution in [1.29, 1.82) is 0 Å². The Kier molecular flexibility index (Phi) is 5.29. The summed E-state index contributed by atoms with van der Waals surface area (Å²) in [4.78, 5) is 17.9. The Bertz CT molecular complexity index is 587. The smallest absolute Gasteiger partial charge is 0.322 e. The number of carbonyl (C=O) groups excluding carboxylic acids is 1. The van der Waals surface area contributed by atoms with E-state index in [0.29, 0.717) is 6.54 Å². The van der Waals surface area contributed by atoms with Gasteiger partial charge in [-0.05, 0) is 36.2 Å². The zero-order valence-electron chi connectivity index (χ0n) is 12.0. The first-order chi connectivity index (χ1) is 10.2. The summed E-state index contributed by atoms with van der Waals surface area (Å²) < 4.78 is 0. The lowest BCUT2D eigenvalue weighted by molar-refractivity contribution is 0.185. The third kappa shape index (κ3) is 4.57. The molecular weight excluding hydrogens is 266 g/mol. The topological polar surface area (TPSA) is 65.5 Å². The van der Waals surface area contributed by atoms with Gasteiger partial charge in [-0.3, -0.25) is 4.98 Å². The number of nitrogens with zero attached hydrogens (tertiary/aromatic N) is 2. The average molecular weight is 285 g/mol. The quantitative estimate of drug-likeness (QED) is 0.886. The van der Waals surface area contributed by atoms with Crippen LogP contribution < -0.4 is 5.32 Å². The second-order valence-corrected chi connectivity index (χ2v) is 4.81. The van der Waals surface area contributed by atoms with E-state index >= 15 is 0 Å². The fourth-order valence-electron chi connectivity index (χ4n) is 2.01. The Balaban J connectivity index is 2.05. The van der Waals surface area contributed by atoms with E-state index in [1.807, 2.05) is 43.3 Å². The molecule has 5 nitrogen and oxygen atoms in total. The van der Waals surface area contributed by atoms with Crippen LogP contribution in [0.1, 0.15) is 11.1 Å². The fraction of sp³-hybridized carbons (Fsp3) is 0.250. The molecule has 1 aromatic heterocycles. The van der Waals surface area contributed by atoms with E-state index in [1.54, 1.807) is 17.3 Å². The summed E-state index contributed by atoms with van der Waals surface area (Å²) in [5.41, 5.74) is 2.74. The van der Waals surface area contributed by atoms with Gasteiger partial charge in [-0.25, -0.2) is 4.79 Å². The van der Waals surface area contributed by atoms with Gasteiger partial charge in [0.05, 0.1) is 6.61 Å². The molecule has 0 fully saturated rings. The maximum absolute atomic E-state index is 12.3. The molecule has 0 atom stereocenters. The number of nitrogens with one attached hydrogen (secondary N) is 1. The summed E-state index contributed by atoms with van der Waals surface area (Å²) in [7, 11) is 0. The van der Waals surface area contributed by atoms with Crippen molar-refractivity contribution in [3.8, 4) is 0 Å². The van der Waals surface area contributed by atoms with E-state index in [-0.39, 0.29) is 19.2 Å². The van der Waals surface area contributed by atoms with E-state index in [0.717, 1.165) is 16.8 Å². The predicted octanol–water partition coefficient (Wildman–Crippen LogP) is 2.42. The van der Waals surface area contributed by atoms with Crippen LogP contribution >= 0.6 is 0 Å². The minimum atomic E-state index is -0.237. The highest BCUT2D eigenvalue weighted by Crippen LogP contribution is 2.11. The van der Waals surface area contributed by atoms with Gasteiger partial charge in [0, 0.05) is 31.2 Å². The molecule has 0 spiro atoms. The largest absolute Gasteiger partial charge is 0.395 e. The Hall–Kier alpha value is -2.40. The molecule has 0 aliphatic rings. The summed E-state index contributed by atoms with van der Waals surface area (Å²) in [5.74, 6) is 0. The van der Waals surface area contributed by atoms with Crippen LogP contribution in [-0.4, -0.2) is 34.2 Å². The van der Waals surface area contributed by atoms with Crippen molar-refractivity contribution in [2.24, 2.45) is 0 Å². The highest BCUT2D eigenvalue weighted by molar-refractivity contribution is 5.89. The van der Waals surface area contributed by atoms with Gasteiger partial charge >= 0.3 is 6.03 Å². The van der Waals surface area contributed by atoms with Crippen LogP contribution in [0.3, 0.4) is 0 Å². The van der Waals surface area contributed by atoms with E-state index in [4.69, 9.17) is 5.11 Å². The minimum Gasteiger partial charge on any atom is -0.395 e. The molecule has 2 aromatic rings. The van der Waals surface area contributed by atoms with Gasteiger partial charge in [0.15, 0.2) is 0 Å². The number of hydrogen-bond donors (Lipinski definition) is 2. The lowest BCUT2D eigenvalue weighted by Crippen LogP contribution is -2.36. The molecular formula is C16H19N3O2. The number of rotatable bonds is 5. The molecule has 2 amide bonds. The molecule has 2 N–H and O–H groups in total. The van der Waals surface area contributed by atoms with Crippen LogP contribution in [0, 0.1) is 6.92 Å². The number of aliphatic hydroxyl groups is 1. The molecule has 1 heterocycles. The average Bonchev–Trinajstić information content (AvgIpc) is 2.48. The highest BCUT2D eigenvalue weighted by Gasteiger charge is 2.13. The number of benzene rings is 1. The van der Waals surface area contributed by atoms with Crippen molar-refractivity contribution in [3.05, 3.63) is 59.9 Å². The zero-order valence-corrected chi connectivity index (χ0v) is 12.0. The van der Waals surface area contributed by atoms with Crippen LogP contribution in [0.25, 0.3) is 0 Å². The number of carbonyl (C=O) groups is 1. The number of pyridine rings is 1. The molecule has 2 rings (SSSR count). The Morgan fingerprint density at radius 2 is 2.19 bits per heavy atom. The normalized spacial score (nSPS) is 10.2. The number of aryl methyl sites for hydroxylation is 1. The lowest BCUT2D eigenvalue weighted by atomic mass is 10.2. The number of aliphatic hydroxyl groups excluding tert-OH is 1. The van der Waals surface area contributed by atoms with Crippen molar-refractivity contribution in [2.45, 2.75) is 13.5 Å². The van der Waals surface area contributed by atoms with E-state index in [1.165, 1.54) is 0 Å². The van der Waals surface area contributed by atoms with Crippen molar-refractivity contribution in [1.82, 2.24) is 9.88 Å². The number of urea groups is 1. The zero-order chi connectivity index (χ0) is 15.1. The molecule has 5 heteroatoms. The van der Waals surface area contributed by atoms with E-state index in [9.17, 15) is 4.79 Å². The van der Waals surface area contributed by atoms with Crippen LogP contribution in [0.4, 0.5) is 10.5 Å². The number of aromatic nitrogens is 1. The molecule has 0 bridgehead atoms. The third-order valence-electron chi connectivity index (χ3n) is 3.02. The third-order valence-corrected chi connectivity index (χ3v) is 3.02. The van der Waals surface area contributed by atoms with Crippen LogP contribution in [0.5, 0.6) is 0 Å². The molecule has 110 valence electrons. The number of amides is 2. The molecule has 0 aliphatic carbocycles. The summed E-state index contributed by atoms with van der Waals surface area (Å²) in [6.45, 7) is 2.57. The number of anilines is 1. The Morgan fingerprint density at radius 3 is 2.86 bits per heavy atom. The second-order valence-electron chi connectivity index (χ2n) is 4.81. The first-order valence-electron chi connectivity index (χ1n) is 6.81. The summed E-state index contributed by atoms with van der Waals surface area (Å²) in [5, 5.41) is 12.0. The molecule has 0 radical (unpaired) electrons. The second kappa shape index (κ2) is 7.40. The fourth-order valence-corrected chi connectivity index (χ4v) is 2.01. The van der Waals surface area contributed by atoms with Gasteiger partial charge in [0.25, 0.3) is 0 Å². The molecule has 0 aliphatic heterocycles. The van der Waals surface area contributed by atoms with Gasteiger partial charge in [0.2, 0.25) is 0 Å². The Labute approximate surface area is 124 Å². The van der Waals surface area contributed by atoms with Crippen molar-refractivity contribution < 1.29 is 9.90 Å². The van der Waals surface area contributed by atoms with Crippen molar-refractivity contribution in [3.63, 3.8) is 0 Å². The van der Waals surface area contributed by atoms with Gasteiger partial charge in [0.1, 0.15) is 0 Å². The van der Waals surface area contributed by atoms with E-state index < -0.39 is 0 Å². The summed E-state index contributed by atoms with van der Waals surface area (Å²) in [6, 6.07) is 11.1. The Morgan fingerprint density at radius 1 is 1.33 bits per heavy atom. The van der Waals surface area contributed by atoms with Crippen LogP contribution in [-0.2, 0) is 6.54 Å².